The summed E-state index contributed by atoms with van der Waals surface area (Å²) in [7, 11) is 0. The minimum Gasteiger partial charge on any atom is -0.324 e. The predicted octanol–water partition coefficient (Wildman–Crippen LogP) is 3.27. The Bertz CT molecular complexity index is 543. The van der Waals surface area contributed by atoms with Crippen LogP contribution in [-0.2, 0) is 4.79 Å². The summed E-state index contributed by atoms with van der Waals surface area (Å²) < 4.78 is 0. The molecule has 2 bridgehead atoms. The smallest absolute Gasteiger partial charge is 0.228 e. The molecule has 4 unspecified atom stereocenters. The number of nitrogens with one attached hydrogen (secondary N) is 1. The van der Waals surface area contributed by atoms with Crippen molar-refractivity contribution in [3.05, 3.63) is 23.0 Å². The van der Waals surface area contributed by atoms with Crippen LogP contribution in [0.4, 0.5) is 5.69 Å². The molecule has 1 aromatic rings. The second-order valence-electron chi connectivity index (χ2n) is 6.33. The van der Waals surface area contributed by atoms with Crippen molar-refractivity contribution in [2.75, 3.05) is 5.32 Å². The fourth-order valence-corrected chi connectivity index (χ4v) is 4.63. The van der Waals surface area contributed by atoms with E-state index in [1.807, 2.05) is 13.0 Å². The Morgan fingerprint density at radius 2 is 2.05 bits per heavy atom. The van der Waals surface area contributed by atoms with Crippen molar-refractivity contribution in [2.24, 2.45) is 29.6 Å². The lowest BCUT2D eigenvalue weighted by molar-refractivity contribution is -0.118. The van der Waals surface area contributed by atoms with Gasteiger partial charge in [0.1, 0.15) is 5.15 Å². The van der Waals surface area contributed by atoms with E-state index in [4.69, 9.17) is 11.6 Å². The second-order valence-corrected chi connectivity index (χ2v) is 6.69. The second kappa shape index (κ2) is 3.95. The predicted molar refractivity (Wildman–Crippen MR) is 73.9 cm³/mol. The number of nitrogens with zero attached hydrogens (tertiary/aromatic N) is 1. The van der Waals surface area contributed by atoms with Gasteiger partial charge in [0.25, 0.3) is 0 Å². The van der Waals surface area contributed by atoms with Gasteiger partial charge < -0.3 is 5.32 Å². The quantitative estimate of drug-likeness (QED) is 0.843. The van der Waals surface area contributed by atoms with Gasteiger partial charge in [-0.05, 0) is 61.5 Å². The van der Waals surface area contributed by atoms with Crippen LogP contribution in [0, 0.1) is 36.5 Å². The van der Waals surface area contributed by atoms with Crippen molar-refractivity contribution in [1.82, 2.24) is 4.98 Å². The minimum absolute atomic E-state index is 0.190. The highest BCUT2D eigenvalue weighted by Crippen LogP contribution is 2.69. The average Bonchev–Trinajstić information content (AvgIpc) is 2.83. The molecule has 3 aliphatic carbocycles. The number of pyridine rings is 1. The molecule has 4 heteroatoms. The number of anilines is 1. The van der Waals surface area contributed by atoms with Crippen molar-refractivity contribution < 1.29 is 4.79 Å². The van der Waals surface area contributed by atoms with Gasteiger partial charge in [0.2, 0.25) is 5.91 Å². The first-order valence-electron chi connectivity index (χ1n) is 7.08. The van der Waals surface area contributed by atoms with Crippen LogP contribution >= 0.6 is 11.6 Å². The first kappa shape index (κ1) is 11.7. The minimum atomic E-state index is 0.190. The highest BCUT2D eigenvalue weighted by molar-refractivity contribution is 6.30. The van der Waals surface area contributed by atoms with E-state index < -0.39 is 0 Å². The van der Waals surface area contributed by atoms with Crippen LogP contribution in [0.5, 0.6) is 0 Å². The van der Waals surface area contributed by atoms with E-state index in [0.717, 1.165) is 23.1 Å². The zero-order valence-corrected chi connectivity index (χ0v) is 11.7. The van der Waals surface area contributed by atoms with Gasteiger partial charge in [0, 0.05) is 5.92 Å². The molecule has 4 rings (SSSR count). The molecule has 4 atom stereocenters. The zero-order valence-electron chi connectivity index (χ0n) is 10.9. The molecule has 3 saturated carbocycles. The fraction of sp³-hybridized carbons (Fsp3) is 0.600. The summed E-state index contributed by atoms with van der Waals surface area (Å²) in [4.78, 5) is 16.4. The van der Waals surface area contributed by atoms with Gasteiger partial charge in [-0.1, -0.05) is 11.6 Å². The van der Waals surface area contributed by atoms with Crippen LogP contribution < -0.4 is 5.32 Å². The maximum atomic E-state index is 12.3. The van der Waals surface area contributed by atoms with E-state index in [1.165, 1.54) is 19.3 Å². The van der Waals surface area contributed by atoms with Gasteiger partial charge in [0.05, 0.1) is 11.9 Å². The van der Waals surface area contributed by atoms with Crippen molar-refractivity contribution in [1.29, 1.82) is 0 Å². The number of amides is 1. The van der Waals surface area contributed by atoms with Crippen molar-refractivity contribution in [2.45, 2.75) is 26.2 Å². The number of hydrogen-bond acceptors (Lipinski definition) is 2. The SMILES string of the molecule is Cc1cc(NC(=O)C2C3C4CCC(C4)C23)cnc1Cl. The Morgan fingerprint density at radius 3 is 2.68 bits per heavy atom. The van der Waals surface area contributed by atoms with Gasteiger partial charge >= 0.3 is 0 Å². The maximum Gasteiger partial charge on any atom is 0.228 e. The third-order valence-electron chi connectivity index (χ3n) is 5.32. The molecule has 0 spiro atoms. The highest BCUT2D eigenvalue weighted by atomic mass is 35.5. The Balaban J connectivity index is 1.47. The number of halogens is 1. The van der Waals surface area contributed by atoms with Crippen molar-refractivity contribution in [3.63, 3.8) is 0 Å². The first-order valence-corrected chi connectivity index (χ1v) is 7.46. The molecule has 3 aliphatic rings. The van der Waals surface area contributed by atoms with Gasteiger partial charge in [-0.15, -0.1) is 0 Å². The average molecular weight is 277 g/mol. The molecule has 0 saturated heterocycles. The number of rotatable bonds is 2. The molecule has 1 amide bonds. The molecule has 19 heavy (non-hydrogen) atoms. The highest BCUT2D eigenvalue weighted by Gasteiger charge is 2.67. The topological polar surface area (TPSA) is 42.0 Å². The fourth-order valence-electron chi connectivity index (χ4n) is 4.53. The molecule has 3 nitrogen and oxygen atoms in total. The van der Waals surface area contributed by atoms with E-state index in [2.05, 4.69) is 10.3 Å². The molecule has 0 radical (unpaired) electrons. The van der Waals surface area contributed by atoms with Gasteiger partial charge in [-0.3, -0.25) is 4.79 Å². The lowest BCUT2D eigenvalue weighted by Gasteiger charge is -2.10. The molecule has 1 heterocycles. The van der Waals surface area contributed by atoms with E-state index in [1.54, 1.807) is 6.20 Å². The summed E-state index contributed by atoms with van der Waals surface area (Å²) >= 11 is 5.89. The Labute approximate surface area is 117 Å². The molecule has 0 aromatic carbocycles. The normalized spacial score (nSPS) is 38.1. The summed E-state index contributed by atoms with van der Waals surface area (Å²) in [6.07, 6.45) is 5.70. The molecule has 0 aliphatic heterocycles. The third-order valence-corrected chi connectivity index (χ3v) is 5.72. The molecule has 3 fully saturated rings. The maximum absolute atomic E-state index is 12.3. The standard InChI is InChI=1S/C15H17ClN2O/c1-7-4-10(6-17-14(7)16)18-15(19)13-11-8-2-3-9(5-8)12(11)13/h4,6,8-9,11-13H,2-3,5H2,1H3,(H,18,19). The van der Waals surface area contributed by atoms with Crippen molar-refractivity contribution in [3.8, 4) is 0 Å². The van der Waals surface area contributed by atoms with Gasteiger partial charge in [-0.2, -0.15) is 0 Å². The number of aromatic nitrogens is 1. The summed E-state index contributed by atoms with van der Waals surface area (Å²) in [6, 6.07) is 1.89. The number of carbonyl (C=O) groups is 1. The van der Waals surface area contributed by atoms with Gasteiger partial charge in [0.15, 0.2) is 0 Å². The number of carbonyl (C=O) groups excluding carboxylic acids is 1. The third kappa shape index (κ3) is 1.71. The molecule has 1 aromatic heterocycles. The van der Waals surface area contributed by atoms with E-state index >= 15 is 0 Å². The van der Waals surface area contributed by atoms with Crippen LogP contribution in [0.3, 0.4) is 0 Å². The summed E-state index contributed by atoms with van der Waals surface area (Å²) in [5.41, 5.74) is 1.67. The molecular formula is C15H17ClN2O. The number of hydrogen-bond donors (Lipinski definition) is 1. The first-order chi connectivity index (χ1) is 9.15. The molecular weight excluding hydrogens is 260 g/mol. The Morgan fingerprint density at radius 1 is 1.37 bits per heavy atom. The Hall–Kier alpha value is -1.09. The van der Waals surface area contributed by atoms with E-state index in [9.17, 15) is 4.79 Å². The van der Waals surface area contributed by atoms with Gasteiger partial charge in [-0.25, -0.2) is 4.98 Å². The van der Waals surface area contributed by atoms with Crippen LogP contribution in [-0.4, -0.2) is 10.9 Å². The van der Waals surface area contributed by atoms with Crippen LogP contribution in [0.25, 0.3) is 0 Å². The van der Waals surface area contributed by atoms with E-state index in [0.29, 0.717) is 17.0 Å². The Kier molecular flexibility index (Phi) is 2.44. The summed E-state index contributed by atoms with van der Waals surface area (Å²) in [5.74, 6) is 3.48. The molecule has 100 valence electrons. The summed E-state index contributed by atoms with van der Waals surface area (Å²) in [5, 5.41) is 3.51. The van der Waals surface area contributed by atoms with Crippen LogP contribution in [0.1, 0.15) is 24.8 Å². The van der Waals surface area contributed by atoms with Crippen LogP contribution in [0.15, 0.2) is 12.3 Å². The number of aryl methyl sites for hydroxylation is 1. The molecule has 1 N–H and O–H groups in total. The van der Waals surface area contributed by atoms with Crippen LogP contribution in [0.2, 0.25) is 5.15 Å². The number of fused-ring (bicyclic) bond motifs is 5. The van der Waals surface area contributed by atoms with E-state index in [-0.39, 0.29) is 11.8 Å². The zero-order chi connectivity index (χ0) is 13.1. The summed E-state index contributed by atoms with van der Waals surface area (Å²) in [6.45, 7) is 1.90. The monoisotopic (exact) mass is 276 g/mol. The largest absolute Gasteiger partial charge is 0.324 e. The lowest BCUT2D eigenvalue weighted by atomic mass is 10.0. The van der Waals surface area contributed by atoms with Crippen molar-refractivity contribution >= 4 is 23.2 Å². The lowest BCUT2D eigenvalue weighted by Crippen LogP contribution is -2.18.